The molecule has 0 aliphatic carbocycles. The molecule has 0 rings (SSSR count). The van der Waals surface area contributed by atoms with Crippen LogP contribution < -0.4 is 5.11 Å². The Balaban J connectivity index is 5.75. The minimum atomic E-state index is -1.90. The molecule has 22 heavy (non-hydrogen) atoms. The molecule has 0 heterocycles. The van der Waals surface area contributed by atoms with E-state index in [0.717, 1.165) is 57.0 Å². The third-order valence-corrected chi connectivity index (χ3v) is 10.8. The Hall–Kier alpha value is -0.630. The summed E-state index contributed by atoms with van der Waals surface area (Å²) >= 11 is 0. The summed E-state index contributed by atoms with van der Waals surface area (Å²) in [6.07, 6.45) is 8.31. The van der Waals surface area contributed by atoms with Crippen molar-refractivity contribution in [3.8, 4) is 0 Å². The van der Waals surface area contributed by atoms with Gasteiger partial charge >= 0.3 is 5.97 Å². The van der Waals surface area contributed by atoms with Crippen LogP contribution in [0.3, 0.4) is 0 Å². The molecule has 1 unspecified atom stereocenters. The maximum atomic E-state index is 12.0. The van der Waals surface area contributed by atoms with E-state index in [1.807, 2.05) is 0 Å². The number of carbonyl (C=O) groups excluding carboxylic acids is 1. The van der Waals surface area contributed by atoms with Gasteiger partial charge in [0.2, 0.25) is 0 Å². The molecule has 0 amide bonds. The van der Waals surface area contributed by atoms with Crippen LogP contribution in [0.4, 0.5) is 0 Å². The third-order valence-electron chi connectivity index (χ3n) is 4.82. The van der Waals surface area contributed by atoms with Crippen molar-refractivity contribution in [3.05, 3.63) is 0 Å². The first-order valence-electron chi connectivity index (χ1n) is 8.59. The van der Waals surface area contributed by atoms with Gasteiger partial charge in [-0.1, -0.05) is 40.0 Å². The van der Waals surface area contributed by atoms with Crippen LogP contribution in [0.1, 0.15) is 72.6 Å². The number of aliphatic carboxylic acids is 2. The minimum Gasteiger partial charge on any atom is -0.550 e. The first-order valence-corrected chi connectivity index (χ1v) is 10.9. The smallest absolute Gasteiger partial charge is 0.347 e. The monoisotopic (exact) mass is 332 g/mol. The van der Waals surface area contributed by atoms with Gasteiger partial charge in [-0.05, 0) is 26.2 Å². The number of carboxylic acids is 2. The van der Waals surface area contributed by atoms with Gasteiger partial charge in [0.05, 0.1) is 18.5 Å². The molecule has 4 nitrogen and oxygen atoms in total. The average Bonchev–Trinajstić information content (AvgIpc) is 2.45. The summed E-state index contributed by atoms with van der Waals surface area (Å²) in [6.45, 7) is 7.97. The van der Waals surface area contributed by atoms with Gasteiger partial charge in [0.25, 0.3) is 0 Å². The molecule has 0 aromatic heterocycles. The molecule has 0 fully saturated rings. The van der Waals surface area contributed by atoms with Gasteiger partial charge in [-0.2, -0.15) is 0 Å². The normalized spacial score (nSPS) is 14.5. The lowest BCUT2D eigenvalue weighted by Crippen LogP contribution is -2.46. The van der Waals surface area contributed by atoms with E-state index >= 15 is 0 Å². The van der Waals surface area contributed by atoms with E-state index in [1.54, 1.807) is 6.92 Å². The molecule has 0 aliphatic heterocycles. The van der Waals surface area contributed by atoms with Crippen molar-refractivity contribution in [2.24, 2.45) is 0 Å². The van der Waals surface area contributed by atoms with Crippen LogP contribution in [0, 0.1) is 0 Å². The van der Waals surface area contributed by atoms with Crippen LogP contribution in [0.5, 0.6) is 0 Å². The van der Waals surface area contributed by atoms with Crippen molar-refractivity contribution in [3.63, 3.8) is 0 Å². The standard InChI is InChI=1S/C17H33O4P/c1-5-8-11-22(12-9-6-2,13-10-7-3)17(4,16(20)21)14-15(18)19/h5-14H2,1-4H3,(H-,18,19,20,21). The molecule has 0 aliphatic rings. The maximum Gasteiger partial charge on any atom is 0.347 e. The van der Waals surface area contributed by atoms with E-state index in [2.05, 4.69) is 20.8 Å². The molecule has 0 saturated heterocycles. The van der Waals surface area contributed by atoms with Gasteiger partial charge in [-0.15, -0.1) is 0 Å². The highest BCUT2D eigenvalue weighted by Crippen LogP contribution is 2.71. The Kier molecular flexibility index (Phi) is 9.91. The topological polar surface area (TPSA) is 77.4 Å². The lowest BCUT2D eigenvalue weighted by atomic mass is 10.1. The molecule has 0 aromatic carbocycles. The van der Waals surface area contributed by atoms with E-state index in [0.29, 0.717) is 0 Å². The molecular weight excluding hydrogens is 299 g/mol. The number of hydrogen-bond acceptors (Lipinski definition) is 3. The van der Waals surface area contributed by atoms with E-state index in [9.17, 15) is 19.8 Å². The molecule has 1 N–H and O–H groups in total. The third kappa shape index (κ3) is 5.53. The van der Waals surface area contributed by atoms with Gasteiger partial charge in [0, 0.05) is 19.7 Å². The van der Waals surface area contributed by atoms with Crippen LogP contribution in [-0.2, 0) is 9.59 Å². The van der Waals surface area contributed by atoms with Crippen molar-refractivity contribution in [2.75, 3.05) is 18.5 Å². The fourth-order valence-corrected chi connectivity index (χ4v) is 8.97. The quantitative estimate of drug-likeness (QED) is 0.524. The summed E-state index contributed by atoms with van der Waals surface area (Å²) in [5.74, 6) is -2.19. The Bertz CT molecular complexity index is 335. The predicted octanol–water partition coefficient (Wildman–Crippen LogP) is 3.39. The SMILES string of the molecule is CCCC[P+](CCCC)(CCCC)C(C)(CC(=O)[O-])C(=O)O. The number of hydrogen-bond donors (Lipinski definition) is 1. The highest BCUT2D eigenvalue weighted by atomic mass is 31.2. The highest BCUT2D eigenvalue weighted by molar-refractivity contribution is 7.78. The Morgan fingerprint density at radius 2 is 1.32 bits per heavy atom. The fourth-order valence-electron chi connectivity index (χ4n) is 3.19. The van der Waals surface area contributed by atoms with Gasteiger partial charge in [0.1, 0.15) is 0 Å². The van der Waals surface area contributed by atoms with Crippen LogP contribution in [0.15, 0.2) is 0 Å². The minimum absolute atomic E-state index is 0.354. The summed E-state index contributed by atoms with van der Waals surface area (Å²) in [5.41, 5.74) is 0. The zero-order valence-electron chi connectivity index (χ0n) is 14.7. The summed E-state index contributed by atoms with van der Waals surface area (Å²) in [5, 5.41) is 19.9. The molecule has 0 aromatic rings. The second kappa shape index (κ2) is 10.2. The van der Waals surface area contributed by atoms with E-state index in [-0.39, 0.29) is 6.42 Å². The summed E-state index contributed by atoms with van der Waals surface area (Å²) in [4.78, 5) is 23.3. The second-order valence-electron chi connectivity index (χ2n) is 6.50. The van der Waals surface area contributed by atoms with Crippen LogP contribution >= 0.6 is 7.26 Å². The van der Waals surface area contributed by atoms with Crippen LogP contribution in [0.25, 0.3) is 0 Å². The number of carboxylic acid groups (broad SMARTS) is 2. The summed E-state index contributed by atoms with van der Waals surface area (Å²) < 4.78 is 0. The lowest BCUT2D eigenvalue weighted by molar-refractivity contribution is -0.306. The Morgan fingerprint density at radius 1 is 0.955 bits per heavy atom. The van der Waals surface area contributed by atoms with Crippen molar-refractivity contribution in [1.29, 1.82) is 0 Å². The molecule has 0 bridgehead atoms. The largest absolute Gasteiger partial charge is 0.550 e. The average molecular weight is 332 g/mol. The molecule has 0 spiro atoms. The van der Waals surface area contributed by atoms with Gasteiger partial charge in [0.15, 0.2) is 5.16 Å². The molecule has 5 heteroatoms. The summed E-state index contributed by atoms with van der Waals surface area (Å²) in [6, 6.07) is 0. The lowest BCUT2D eigenvalue weighted by Gasteiger charge is -2.41. The van der Waals surface area contributed by atoms with Gasteiger partial charge in [-0.25, -0.2) is 4.79 Å². The number of unbranched alkanes of at least 4 members (excludes halogenated alkanes) is 3. The molecule has 1 atom stereocenters. The van der Waals surface area contributed by atoms with Crippen LogP contribution in [-0.4, -0.2) is 40.7 Å². The molecule has 130 valence electrons. The second-order valence-corrected chi connectivity index (χ2v) is 11.1. The Labute approximate surface area is 136 Å². The summed E-state index contributed by atoms with van der Waals surface area (Å²) in [7, 11) is -1.90. The molecule has 0 saturated carbocycles. The zero-order chi connectivity index (χ0) is 17.2. The van der Waals surface area contributed by atoms with E-state index in [4.69, 9.17) is 0 Å². The van der Waals surface area contributed by atoms with Gasteiger partial charge in [-0.3, -0.25) is 0 Å². The number of carbonyl (C=O) groups is 2. The first kappa shape index (κ1) is 21.4. The molecular formula is C17H33O4P. The van der Waals surface area contributed by atoms with E-state index in [1.165, 1.54) is 0 Å². The fraction of sp³-hybridized carbons (Fsp3) is 0.882. The van der Waals surface area contributed by atoms with Crippen LogP contribution in [0.2, 0.25) is 0 Å². The zero-order valence-corrected chi connectivity index (χ0v) is 15.6. The maximum absolute atomic E-state index is 12.0. The number of rotatable bonds is 13. The predicted molar refractivity (Wildman–Crippen MR) is 91.9 cm³/mol. The van der Waals surface area contributed by atoms with Crippen molar-refractivity contribution in [1.82, 2.24) is 0 Å². The van der Waals surface area contributed by atoms with Crippen molar-refractivity contribution < 1.29 is 19.8 Å². The van der Waals surface area contributed by atoms with Crippen molar-refractivity contribution >= 4 is 19.2 Å². The van der Waals surface area contributed by atoms with Gasteiger partial charge < -0.3 is 15.0 Å². The Morgan fingerprint density at radius 3 is 1.55 bits per heavy atom. The first-order chi connectivity index (χ1) is 10.3. The molecule has 0 radical (unpaired) electrons. The highest BCUT2D eigenvalue weighted by Gasteiger charge is 2.58. The van der Waals surface area contributed by atoms with Crippen molar-refractivity contribution in [2.45, 2.75) is 77.8 Å². The van der Waals surface area contributed by atoms with E-state index < -0.39 is 24.4 Å².